The van der Waals surface area contributed by atoms with Crippen LogP contribution in [-0.4, -0.2) is 74.9 Å². The molecule has 3 rings (SSSR count). The third kappa shape index (κ3) is 50.3. The van der Waals surface area contributed by atoms with E-state index in [1.807, 2.05) is 32.0 Å². The SMILES string of the molecule is CCCC1CCC(C)(O)CC1.CCCCOCCCC.CCCCOCCO.CCCCOO.COC.Cc1ccccc1.Cc1ccccc1C. The summed E-state index contributed by atoms with van der Waals surface area (Å²) in [5, 5.41) is 25.6. The van der Waals surface area contributed by atoms with Crippen LogP contribution in [-0.2, 0) is 19.1 Å². The number of aliphatic hydroxyl groups excluding tert-OH is 1. The molecular formula is C45H86O7. The van der Waals surface area contributed by atoms with Gasteiger partial charge in [-0.1, -0.05) is 133 Å². The van der Waals surface area contributed by atoms with E-state index in [-0.39, 0.29) is 12.2 Å². The van der Waals surface area contributed by atoms with E-state index in [2.05, 4.69) is 94.5 Å². The minimum absolute atomic E-state index is 0.143. The highest BCUT2D eigenvalue weighted by atomic mass is 17.1. The summed E-state index contributed by atoms with van der Waals surface area (Å²) < 4.78 is 14.5. The van der Waals surface area contributed by atoms with Gasteiger partial charge in [-0.25, -0.2) is 4.89 Å². The van der Waals surface area contributed by atoms with Crippen LogP contribution in [0.25, 0.3) is 0 Å². The maximum absolute atomic E-state index is 9.66. The predicted octanol–water partition coefficient (Wildman–Crippen LogP) is 12.0. The van der Waals surface area contributed by atoms with Crippen LogP contribution in [0.3, 0.4) is 0 Å². The Kier molecular flexibility index (Phi) is 51.6. The zero-order valence-corrected chi connectivity index (χ0v) is 35.9. The molecule has 0 spiro atoms. The first-order chi connectivity index (χ1) is 25.0. The Morgan fingerprint density at radius 3 is 1.29 bits per heavy atom. The lowest BCUT2D eigenvalue weighted by Gasteiger charge is -2.32. The molecule has 0 aromatic heterocycles. The Labute approximate surface area is 322 Å². The van der Waals surface area contributed by atoms with Gasteiger partial charge in [-0.05, 0) is 96.1 Å². The van der Waals surface area contributed by atoms with Crippen molar-refractivity contribution in [3.63, 3.8) is 0 Å². The van der Waals surface area contributed by atoms with E-state index in [0.29, 0.717) is 13.2 Å². The molecule has 0 saturated heterocycles. The molecule has 3 N–H and O–H groups in total. The lowest BCUT2D eigenvalue weighted by atomic mass is 9.78. The molecular weight excluding hydrogens is 652 g/mol. The maximum atomic E-state index is 9.66. The van der Waals surface area contributed by atoms with Crippen molar-refractivity contribution in [3.8, 4) is 0 Å². The second-order valence-corrected chi connectivity index (χ2v) is 13.6. The van der Waals surface area contributed by atoms with Gasteiger partial charge >= 0.3 is 0 Å². The average Bonchev–Trinajstić information content (AvgIpc) is 3.14. The van der Waals surface area contributed by atoms with E-state index < -0.39 is 0 Å². The van der Waals surface area contributed by atoms with Crippen molar-refractivity contribution in [1.29, 1.82) is 0 Å². The van der Waals surface area contributed by atoms with Crippen LogP contribution in [0.5, 0.6) is 0 Å². The summed E-state index contributed by atoms with van der Waals surface area (Å²) >= 11 is 0. The zero-order chi connectivity index (χ0) is 40.1. The third-order valence-electron chi connectivity index (χ3n) is 8.00. The Morgan fingerprint density at radius 2 is 1.00 bits per heavy atom. The molecule has 1 saturated carbocycles. The molecule has 0 heterocycles. The maximum Gasteiger partial charge on any atom is 0.0819 e. The van der Waals surface area contributed by atoms with Gasteiger partial charge in [0, 0.05) is 34.0 Å². The predicted molar refractivity (Wildman–Crippen MR) is 224 cm³/mol. The highest BCUT2D eigenvalue weighted by molar-refractivity contribution is 5.23. The van der Waals surface area contributed by atoms with Crippen molar-refractivity contribution >= 4 is 0 Å². The largest absolute Gasteiger partial charge is 0.394 e. The Morgan fingerprint density at radius 1 is 0.615 bits per heavy atom. The van der Waals surface area contributed by atoms with Crippen molar-refractivity contribution < 1.29 is 34.6 Å². The van der Waals surface area contributed by atoms with E-state index in [9.17, 15) is 5.11 Å². The molecule has 2 aromatic carbocycles. The molecule has 0 unspecified atom stereocenters. The van der Waals surface area contributed by atoms with E-state index in [1.54, 1.807) is 14.2 Å². The topological polar surface area (TPSA) is 97.6 Å². The number of aryl methyl sites for hydroxylation is 3. The van der Waals surface area contributed by atoms with Gasteiger partial charge < -0.3 is 24.4 Å². The van der Waals surface area contributed by atoms with Gasteiger partial charge in [0.15, 0.2) is 0 Å². The first kappa shape index (κ1) is 56.9. The van der Waals surface area contributed by atoms with Crippen LogP contribution >= 0.6 is 0 Å². The number of ether oxygens (including phenoxy) is 3. The number of aliphatic hydroxyl groups is 2. The van der Waals surface area contributed by atoms with Gasteiger partial charge in [-0.2, -0.15) is 0 Å². The lowest BCUT2D eigenvalue weighted by molar-refractivity contribution is -0.242. The molecule has 0 radical (unpaired) electrons. The fraction of sp³-hybridized carbons (Fsp3) is 0.733. The van der Waals surface area contributed by atoms with Crippen molar-refractivity contribution in [3.05, 3.63) is 71.3 Å². The standard InChI is InChI=1S/C10H20O.C8H18O.C8H10.C7H8.C6H14O2.C4H10O2.C2H6O/c1-3-4-9-5-7-10(2,11)8-6-9;1-3-5-7-9-8-6-4-2;1-7-5-3-4-6-8(7)2;1-7-5-3-2-4-6-7;1-2-3-5-8-6-4-7;1-2-3-4-6-5;1-3-2/h9,11H,3-8H2,1-2H3;3-8H2,1-2H3;3-6H,1-2H3;2-6H,1H3;7H,2-6H2,1H3;5H,2-4H2,1H3;1-2H3. The first-order valence-electron chi connectivity index (χ1n) is 20.2. The molecule has 1 fully saturated rings. The van der Waals surface area contributed by atoms with Crippen LogP contribution in [0, 0.1) is 26.7 Å². The monoisotopic (exact) mass is 739 g/mol. The van der Waals surface area contributed by atoms with Crippen LogP contribution in [0.4, 0.5) is 0 Å². The molecule has 52 heavy (non-hydrogen) atoms. The van der Waals surface area contributed by atoms with Gasteiger partial charge in [0.2, 0.25) is 0 Å². The summed E-state index contributed by atoms with van der Waals surface area (Å²) in [4.78, 5) is 3.78. The number of benzene rings is 2. The zero-order valence-electron chi connectivity index (χ0n) is 35.9. The molecule has 0 aliphatic heterocycles. The molecule has 0 bridgehead atoms. The summed E-state index contributed by atoms with van der Waals surface area (Å²) in [5.41, 5.74) is 3.71. The molecule has 1 aliphatic rings. The van der Waals surface area contributed by atoms with Crippen molar-refractivity contribution in [2.45, 2.75) is 158 Å². The lowest BCUT2D eigenvalue weighted by Crippen LogP contribution is -2.30. The summed E-state index contributed by atoms with van der Waals surface area (Å²) in [7, 11) is 3.25. The van der Waals surface area contributed by atoms with Crippen LogP contribution < -0.4 is 0 Å². The van der Waals surface area contributed by atoms with Crippen molar-refractivity contribution in [2.75, 3.05) is 53.9 Å². The molecule has 0 atom stereocenters. The third-order valence-corrected chi connectivity index (χ3v) is 8.00. The van der Waals surface area contributed by atoms with E-state index >= 15 is 0 Å². The normalized spacial score (nSPS) is 15.5. The second-order valence-electron chi connectivity index (χ2n) is 13.6. The number of rotatable bonds is 16. The van der Waals surface area contributed by atoms with Crippen LogP contribution in [0.15, 0.2) is 54.6 Å². The second kappa shape index (κ2) is 47.2. The summed E-state index contributed by atoms with van der Waals surface area (Å²) in [6.45, 7) is 22.9. The van der Waals surface area contributed by atoms with Crippen LogP contribution in [0.1, 0.15) is 148 Å². The van der Waals surface area contributed by atoms with Gasteiger partial charge in [0.1, 0.15) is 0 Å². The summed E-state index contributed by atoms with van der Waals surface area (Å²) in [6.07, 6.45) is 16.3. The molecule has 308 valence electrons. The average molecular weight is 739 g/mol. The molecule has 7 nitrogen and oxygen atoms in total. The Bertz CT molecular complexity index is 845. The van der Waals surface area contributed by atoms with Gasteiger partial charge in [0.25, 0.3) is 0 Å². The van der Waals surface area contributed by atoms with E-state index in [1.165, 1.54) is 68.1 Å². The number of hydrogen-bond acceptors (Lipinski definition) is 7. The van der Waals surface area contributed by atoms with E-state index in [0.717, 1.165) is 64.3 Å². The summed E-state index contributed by atoms with van der Waals surface area (Å²) in [5.74, 6) is 0.903. The molecule has 1 aliphatic carbocycles. The first-order valence-corrected chi connectivity index (χ1v) is 20.2. The van der Waals surface area contributed by atoms with Crippen LogP contribution in [0.2, 0.25) is 0 Å². The fourth-order valence-electron chi connectivity index (χ4n) is 4.41. The molecule has 0 amide bonds. The number of methoxy groups -OCH3 is 1. The van der Waals surface area contributed by atoms with Crippen molar-refractivity contribution in [1.82, 2.24) is 0 Å². The van der Waals surface area contributed by atoms with E-state index in [4.69, 9.17) is 19.8 Å². The van der Waals surface area contributed by atoms with Gasteiger partial charge in [-0.3, -0.25) is 5.26 Å². The number of hydrogen-bond donors (Lipinski definition) is 3. The quantitative estimate of drug-likeness (QED) is 0.0896. The molecule has 7 heteroatoms. The molecule has 2 aromatic rings. The number of unbranched alkanes of at least 4 members (excludes halogenated alkanes) is 4. The van der Waals surface area contributed by atoms with Gasteiger partial charge in [-0.15, -0.1) is 0 Å². The highest BCUT2D eigenvalue weighted by Crippen LogP contribution is 2.33. The summed E-state index contributed by atoms with van der Waals surface area (Å²) in [6, 6.07) is 18.6. The Balaban J connectivity index is -0.000000264. The Hall–Kier alpha value is -1.84. The van der Waals surface area contributed by atoms with Crippen molar-refractivity contribution in [2.24, 2.45) is 5.92 Å². The minimum Gasteiger partial charge on any atom is -0.394 e. The highest BCUT2D eigenvalue weighted by Gasteiger charge is 2.27. The minimum atomic E-state index is -0.343. The smallest absolute Gasteiger partial charge is 0.0819 e. The fourth-order valence-corrected chi connectivity index (χ4v) is 4.41. The van der Waals surface area contributed by atoms with Gasteiger partial charge in [0.05, 0.1) is 25.4 Å².